The van der Waals surface area contributed by atoms with Gasteiger partial charge in [0.15, 0.2) is 12.4 Å². The molecule has 9 heteroatoms. The van der Waals surface area contributed by atoms with Gasteiger partial charge < -0.3 is 33.3 Å². The first-order valence-corrected chi connectivity index (χ1v) is 35.7. The number of carboxylic acid groups (broad SMARTS) is 1. The van der Waals surface area contributed by atoms with Gasteiger partial charge in [-0.05, 0) is 109 Å². The molecule has 87 heavy (non-hydrogen) atoms. The summed E-state index contributed by atoms with van der Waals surface area (Å²) < 4.78 is 22.8. The molecule has 0 aliphatic rings. The highest BCUT2D eigenvalue weighted by Crippen LogP contribution is 2.17. The fraction of sp³-hybridized carbons (Fsp3) is 0.705. The van der Waals surface area contributed by atoms with E-state index in [-0.39, 0.29) is 38.6 Å². The summed E-state index contributed by atoms with van der Waals surface area (Å²) in [5.74, 6) is -2.33. The predicted molar refractivity (Wildman–Crippen MR) is 370 cm³/mol. The largest absolute Gasteiger partial charge is 0.545 e. The van der Waals surface area contributed by atoms with Crippen molar-refractivity contribution < 1.29 is 42.9 Å². The van der Waals surface area contributed by atoms with E-state index >= 15 is 0 Å². The Morgan fingerprint density at radius 1 is 0.356 bits per heavy atom. The molecule has 0 aromatic heterocycles. The minimum atomic E-state index is -1.64. The molecule has 0 aromatic rings. The zero-order valence-electron chi connectivity index (χ0n) is 56.9. The van der Waals surface area contributed by atoms with Crippen molar-refractivity contribution in [3.8, 4) is 0 Å². The minimum Gasteiger partial charge on any atom is -0.545 e. The zero-order chi connectivity index (χ0) is 63.3. The van der Waals surface area contributed by atoms with Gasteiger partial charge >= 0.3 is 11.9 Å². The topological polar surface area (TPSA) is 111 Å². The summed E-state index contributed by atoms with van der Waals surface area (Å²) in [6, 6.07) is 0. The lowest BCUT2D eigenvalue weighted by Crippen LogP contribution is -2.44. The van der Waals surface area contributed by atoms with Gasteiger partial charge in [-0.25, -0.2) is 0 Å². The molecular formula is C78H133NO8. The molecule has 0 aliphatic heterocycles. The van der Waals surface area contributed by atoms with Gasteiger partial charge in [-0.15, -0.1) is 0 Å². The molecule has 0 radical (unpaired) electrons. The van der Waals surface area contributed by atoms with Gasteiger partial charge in [0.2, 0.25) is 0 Å². The number of hydrogen-bond donors (Lipinski definition) is 0. The van der Waals surface area contributed by atoms with E-state index in [1.165, 1.54) is 167 Å². The maximum Gasteiger partial charge on any atom is 0.306 e. The van der Waals surface area contributed by atoms with Crippen molar-refractivity contribution in [3.63, 3.8) is 0 Å². The van der Waals surface area contributed by atoms with Gasteiger partial charge in [0.25, 0.3) is 0 Å². The molecule has 0 spiro atoms. The number of carbonyl (C=O) groups is 3. The Hall–Kier alpha value is -4.31. The van der Waals surface area contributed by atoms with Gasteiger partial charge in [0.1, 0.15) is 13.2 Å². The van der Waals surface area contributed by atoms with E-state index in [2.05, 4.69) is 135 Å². The van der Waals surface area contributed by atoms with Crippen LogP contribution in [0.2, 0.25) is 0 Å². The highest BCUT2D eigenvalue weighted by molar-refractivity contribution is 5.70. The Bertz CT molecular complexity index is 1840. The maximum atomic E-state index is 12.9. The van der Waals surface area contributed by atoms with E-state index < -0.39 is 24.3 Å². The number of rotatable bonds is 65. The highest BCUT2D eigenvalue weighted by Gasteiger charge is 2.22. The third kappa shape index (κ3) is 69.0. The number of carboxylic acids is 1. The third-order valence-electron chi connectivity index (χ3n) is 15.2. The second-order valence-corrected chi connectivity index (χ2v) is 24.8. The number of quaternary nitrogens is 1. The molecule has 498 valence electrons. The molecule has 0 saturated carbocycles. The number of likely N-dealkylation sites (N-methyl/N-ethyl adjacent to an activating group) is 1. The summed E-state index contributed by atoms with van der Waals surface area (Å²) in [6.07, 6.45) is 92.9. The van der Waals surface area contributed by atoms with Crippen LogP contribution in [-0.2, 0) is 33.3 Å². The first kappa shape index (κ1) is 82.7. The summed E-state index contributed by atoms with van der Waals surface area (Å²) in [7, 11) is 5.91. The lowest BCUT2D eigenvalue weighted by Gasteiger charge is -2.26. The molecule has 0 N–H and O–H groups in total. The first-order chi connectivity index (χ1) is 42.6. The number of hydrogen-bond acceptors (Lipinski definition) is 8. The molecule has 0 amide bonds. The first-order valence-electron chi connectivity index (χ1n) is 35.7. The van der Waals surface area contributed by atoms with Gasteiger partial charge in [0, 0.05) is 12.8 Å². The molecule has 0 heterocycles. The van der Waals surface area contributed by atoms with Gasteiger partial charge in [0.05, 0.1) is 40.3 Å². The SMILES string of the molecule is CC/C=C\C/C=C\C/C=C\C/C=C\C/C=C\C/C=C\C/C=C\C/C=C\C/C=C\CCCCCC(=O)OC(COC(=O)CCCCCCCCCCCCCCCCCCCCC/C=C\CCCCCCCCCC)COC(OCC[N+](C)(C)C)C(=O)[O-]. The quantitative estimate of drug-likeness (QED) is 0.0195. The van der Waals surface area contributed by atoms with Gasteiger partial charge in [-0.2, -0.15) is 0 Å². The fourth-order valence-electron chi connectivity index (χ4n) is 9.76. The van der Waals surface area contributed by atoms with E-state index in [9.17, 15) is 19.5 Å². The van der Waals surface area contributed by atoms with Crippen molar-refractivity contribution >= 4 is 17.9 Å². The number of aliphatic carboxylic acids is 1. The van der Waals surface area contributed by atoms with E-state index in [0.717, 1.165) is 96.3 Å². The van der Waals surface area contributed by atoms with E-state index in [1.807, 2.05) is 21.1 Å². The Morgan fingerprint density at radius 3 is 1.00 bits per heavy atom. The van der Waals surface area contributed by atoms with Crippen LogP contribution in [0.1, 0.15) is 296 Å². The van der Waals surface area contributed by atoms with Crippen LogP contribution >= 0.6 is 0 Å². The van der Waals surface area contributed by atoms with E-state index in [4.69, 9.17) is 18.9 Å². The highest BCUT2D eigenvalue weighted by atomic mass is 16.7. The van der Waals surface area contributed by atoms with Crippen molar-refractivity contribution in [1.82, 2.24) is 0 Å². The number of nitrogens with zero attached hydrogens (tertiary/aromatic N) is 1. The molecule has 0 fully saturated rings. The normalized spacial score (nSPS) is 13.4. The average molecular weight is 1210 g/mol. The molecule has 9 nitrogen and oxygen atoms in total. The van der Waals surface area contributed by atoms with Crippen molar-refractivity contribution in [2.45, 2.75) is 309 Å². The summed E-state index contributed by atoms with van der Waals surface area (Å²) in [5.41, 5.74) is 0. The van der Waals surface area contributed by atoms with Crippen LogP contribution in [0.3, 0.4) is 0 Å². The molecule has 0 aromatic carbocycles. The monoisotopic (exact) mass is 1210 g/mol. The Labute approximate surface area is 536 Å². The Morgan fingerprint density at radius 2 is 0.655 bits per heavy atom. The van der Waals surface area contributed by atoms with Gasteiger partial charge in [-0.3, -0.25) is 9.59 Å². The second-order valence-electron chi connectivity index (χ2n) is 24.8. The number of allylic oxidation sites excluding steroid dienone is 20. The average Bonchev–Trinajstić information content (AvgIpc) is 3.56. The van der Waals surface area contributed by atoms with Gasteiger partial charge in [-0.1, -0.05) is 296 Å². The number of unbranched alkanes of at least 4 members (excludes halogenated alkanes) is 30. The third-order valence-corrected chi connectivity index (χ3v) is 15.2. The zero-order valence-corrected chi connectivity index (χ0v) is 56.9. The number of esters is 2. The lowest BCUT2D eigenvalue weighted by molar-refractivity contribution is -0.870. The standard InChI is InChI=1S/C78H133NO8/c1-6-8-10-12-14-16-18-20-22-24-26-28-30-32-34-36-38-40-42-44-46-48-50-52-54-56-58-60-62-64-66-68-75(80)85-72-74(73-86-78(77(82)83)84-71-70-79(3,4)5)87-76(81)69-67-65-63-61-59-57-55-53-51-49-47-45-43-41-39-37-35-33-31-29-27-25-23-21-19-17-15-13-11-9-7-2/h9,11,15,17,21,23-24,26-27,29,33,35,39,41,45,47,51,53,57,59,74,78H,6-8,10,12-14,16,18-20,22,25,28,30-32,34,36-38,40,42-44,46,48-50,52,54-56,58,60-73H2,1-5H3/b11-9-,17-15-,23-21-,26-24-,29-27-,35-33-,41-39-,47-45-,53-51-,59-57-. The number of carbonyl (C=O) groups excluding carboxylic acids is 3. The Balaban J connectivity index is 4.20. The molecular weight excluding hydrogens is 1080 g/mol. The maximum absolute atomic E-state index is 12.9. The Kier molecular flexibility index (Phi) is 64.3. The van der Waals surface area contributed by atoms with Crippen molar-refractivity contribution in [3.05, 3.63) is 122 Å². The van der Waals surface area contributed by atoms with Crippen LogP contribution < -0.4 is 5.11 Å². The van der Waals surface area contributed by atoms with Crippen LogP contribution in [0, 0.1) is 0 Å². The number of ether oxygens (including phenoxy) is 4. The predicted octanol–water partition coefficient (Wildman–Crippen LogP) is 21.0. The van der Waals surface area contributed by atoms with Crippen molar-refractivity contribution in [2.75, 3.05) is 47.5 Å². The fourth-order valence-corrected chi connectivity index (χ4v) is 9.76. The van der Waals surface area contributed by atoms with E-state index in [0.29, 0.717) is 17.4 Å². The van der Waals surface area contributed by atoms with Crippen molar-refractivity contribution in [1.29, 1.82) is 0 Å². The summed E-state index contributed by atoms with van der Waals surface area (Å²) in [6.45, 7) is 4.61. The minimum absolute atomic E-state index is 0.136. The lowest BCUT2D eigenvalue weighted by atomic mass is 10.0. The molecule has 0 saturated heterocycles. The van der Waals surface area contributed by atoms with Crippen LogP contribution in [0.15, 0.2) is 122 Å². The van der Waals surface area contributed by atoms with Crippen LogP contribution in [0.25, 0.3) is 0 Å². The van der Waals surface area contributed by atoms with Crippen molar-refractivity contribution in [2.24, 2.45) is 0 Å². The summed E-state index contributed by atoms with van der Waals surface area (Å²) in [4.78, 5) is 37.5. The molecule has 2 atom stereocenters. The second kappa shape index (κ2) is 67.6. The van der Waals surface area contributed by atoms with Crippen LogP contribution in [-0.4, -0.2) is 82.3 Å². The smallest absolute Gasteiger partial charge is 0.306 e. The van der Waals surface area contributed by atoms with E-state index in [1.54, 1.807) is 0 Å². The van der Waals surface area contributed by atoms with Crippen LogP contribution in [0.5, 0.6) is 0 Å². The summed E-state index contributed by atoms with van der Waals surface area (Å²) >= 11 is 0. The molecule has 0 bridgehead atoms. The molecule has 2 unspecified atom stereocenters. The van der Waals surface area contributed by atoms with Crippen LogP contribution in [0.4, 0.5) is 0 Å². The molecule has 0 aliphatic carbocycles. The molecule has 0 rings (SSSR count). The summed E-state index contributed by atoms with van der Waals surface area (Å²) in [5, 5.41) is 11.8.